The van der Waals surface area contributed by atoms with Crippen LogP contribution in [0.3, 0.4) is 0 Å². The molecule has 12 heteroatoms. The number of hydrogen-bond donors (Lipinski definition) is 1. The molecule has 1 amide bonds. The van der Waals surface area contributed by atoms with E-state index >= 15 is 0 Å². The Kier molecular flexibility index (Phi) is 6.98. The number of aromatic nitrogens is 4. The summed E-state index contributed by atoms with van der Waals surface area (Å²) in [6, 6.07) is 5.93. The minimum Gasteiger partial charge on any atom is -0.342 e. The van der Waals surface area contributed by atoms with Crippen LogP contribution < -0.4 is 5.32 Å². The van der Waals surface area contributed by atoms with Crippen molar-refractivity contribution in [3.05, 3.63) is 65.1 Å². The lowest BCUT2D eigenvalue weighted by atomic mass is 10.2. The lowest BCUT2D eigenvalue weighted by molar-refractivity contribution is 0.0937. The summed E-state index contributed by atoms with van der Waals surface area (Å²) in [5.74, 6) is -0.342. The zero-order valence-electron chi connectivity index (χ0n) is 15.3. The number of amides is 1. The molecule has 154 valence electrons. The van der Waals surface area contributed by atoms with Gasteiger partial charge in [0, 0.05) is 16.8 Å². The Bertz CT molecular complexity index is 1140. The number of hydrogen-bond acceptors (Lipinski definition) is 6. The van der Waals surface area contributed by atoms with E-state index in [1.54, 1.807) is 6.92 Å². The molecule has 2 heterocycles. The standard InChI is InChI=1S/C17H15ClFN5O3S.H2S/c1-10(16-21-9-22-24(16)15-4-3-13(19)8-20-15)23-17(25)11-5-12(18)7-14(6-11)28(2,26)27;/h3-10H,1-2H3,(H,23,25);1H2/t10-;/m1./s1. The van der Waals surface area contributed by atoms with Crippen LogP contribution in [0.4, 0.5) is 4.39 Å². The Morgan fingerprint density at radius 1 is 1.24 bits per heavy atom. The molecule has 2 aromatic heterocycles. The van der Waals surface area contributed by atoms with Crippen molar-refractivity contribution in [2.45, 2.75) is 17.9 Å². The molecular weight excluding hydrogens is 441 g/mol. The molecule has 29 heavy (non-hydrogen) atoms. The van der Waals surface area contributed by atoms with Gasteiger partial charge in [-0.15, -0.1) is 0 Å². The number of pyridine rings is 1. The van der Waals surface area contributed by atoms with Crippen LogP contribution in [0.5, 0.6) is 0 Å². The van der Waals surface area contributed by atoms with E-state index in [0.29, 0.717) is 11.6 Å². The number of rotatable bonds is 5. The fraction of sp³-hybridized carbons (Fsp3) is 0.176. The lowest BCUT2D eigenvalue weighted by Crippen LogP contribution is -2.29. The second-order valence-electron chi connectivity index (χ2n) is 6.01. The van der Waals surface area contributed by atoms with E-state index in [1.165, 1.54) is 41.3 Å². The summed E-state index contributed by atoms with van der Waals surface area (Å²) >= 11 is 5.94. The molecule has 0 bridgehead atoms. The normalized spacial score (nSPS) is 12.1. The number of carbonyl (C=O) groups excluding carboxylic acids is 1. The first-order valence-corrected chi connectivity index (χ1v) is 10.3. The second-order valence-corrected chi connectivity index (χ2v) is 8.46. The average Bonchev–Trinajstić information content (AvgIpc) is 3.11. The van der Waals surface area contributed by atoms with Gasteiger partial charge in [0.05, 0.1) is 17.1 Å². The van der Waals surface area contributed by atoms with E-state index < -0.39 is 27.6 Å². The zero-order valence-corrected chi connectivity index (χ0v) is 17.9. The molecule has 0 aliphatic carbocycles. The molecule has 1 atom stereocenters. The van der Waals surface area contributed by atoms with Gasteiger partial charge >= 0.3 is 0 Å². The summed E-state index contributed by atoms with van der Waals surface area (Å²) in [5.41, 5.74) is 0.0887. The Labute approximate surface area is 178 Å². The summed E-state index contributed by atoms with van der Waals surface area (Å²) in [5, 5.41) is 6.88. The summed E-state index contributed by atoms with van der Waals surface area (Å²) in [6.45, 7) is 1.67. The summed E-state index contributed by atoms with van der Waals surface area (Å²) < 4.78 is 37.9. The first-order chi connectivity index (χ1) is 13.1. The van der Waals surface area contributed by atoms with Crippen LogP contribution in [0.2, 0.25) is 5.02 Å². The SMILES string of the molecule is C[C@@H](NC(=O)c1cc(Cl)cc(S(C)(=O)=O)c1)c1ncnn1-c1ccc(F)cn1.S. The van der Waals surface area contributed by atoms with Gasteiger partial charge in [-0.3, -0.25) is 4.79 Å². The number of sulfone groups is 1. The third kappa shape index (κ3) is 5.31. The van der Waals surface area contributed by atoms with E-state index in [-0.39, 0.29) is 29.0 Å². The summed E-state index contributed by atoms with van der Waals surface area (Å²) in [7, 11) is -3.53. The van der Waals surface area contributed by atoms with Crippen molar-refractivity contribution in [1.82, 2.24) is 25.1 Å². The monoisotopic (exact) mass is 457 g/mol. The van der Waals surface area contributed by atoms with Gasteiger partial charge in [0.15, 0.2) is 21.5 Å². The first kappa shape index (κ1) is 22.8. The fourth-order valence-corrected chi connectivity index (χ4v) is 3.45. The number of benzene rings is 1. The molecule has 0 spiro atoms. The molecule has 0 saturated carbocycles. The molecule has 0 radical (unpaired) electrons. The Morgan fingerprint density at radius 3 is 2.59 bits per heavy atom. The van der Waals surface area contributed by atoms with Crippen molar-refractivity contribution >= 4 is 40.8 Å². The van der Waals surface area contributed by atoms with Gasteiger partial charge in [0.2, 0.25) is 0 Å². The molecule has 8 nitrogen and oxygen atoms in total. The number of nitrogens with zero attached hydrogens (tertiary/aromatic N) is 4. The molecule has 3 aromatic rings. The van der Waals surface area contributed by atoms with Crippen LogP contribution in [-0.4, -0.2) is 40.3 Å². The number of nitrogens with one attached hydrogen (secondary N) is 1. The van der Waals surface area contributed by atoms with E-state index in [9.17, 15) is 17.6 Å². The quantitative estimate of drug-likeness (QED) is 0.630. The molecule has 0 unspecified atom stereocenters. The second kappa shape index (κ2) is 8.89. The highest BCUT2D eigenvalue weighted by Gasteiger charge is 2.20. The summed E-state index contributed by atoms with van der Waals surface area (Å²) in [4.78, 5) is 20.6. The maximum Gasteiger partial charge on any atom is 0.251 e. The van der Waals surface area contributed by atoms with Crippen molar-refractivity contribution < 1.29 is 17.6 Å². The smallest absolute Gasteiger partial charge is 0.251 e. The van der Waals surface area contributed by atoms with Crippen molar-refractivity contribution in [3.8, 4) is 5.82 Å². The van der Waals surface area contributed by atoms with E-state index in [4.69, 9.17) is 11.6 Å². The molecule has 0 aliphatic heterocycles. The highest BCUT2D eigenvalue weighted by molar-refractivity contribution is 7.90. The van der Waals surface area contributed by atoms with Gasteiger partial charge in [0.1, 0.15) is 12.1 Å². The molecule has 0 fully saturated rings. The first-order valence-electron chi connectivity index (χ1n) is 7.98. The average molecular weight is 458 g/mol. The minimum absolute atomic E-state index is 0. The topological polar surface area (TPSA) is 107 Å². The number of halogens is 2. The van der Waals surface area contributed by atoms with Crippen LogP contribution in [0.1, 0.15) is 29.1 Å². The van der Waals surface area contributed by atoms with Crippen LogP contribution in [-0.2, 0) is 9.84 Å². The van der Waals surface area contributed by atoms with Gasteiger partial charge in [-0.25, -0.2) is 22.8 Å². The molecular formula is C17H17ClFN5O3S2. The minimum atomic E-state index is -3.53. The van der Waals surface area contributed by atoms with Crippen molar-refractivity contribution in [2.75, 3.05) is 6.26 Å². The van der Waals surface area contributed by atoms with Crippen LogP contribution >= 0.6 is 25.1 Å². The Balaban J connectivity index is 0.00000300. The zero-order chi connectivity index (χ0) is 20.5. The molecule has 0 aliphatic rings. The Hall–Kier alpha value is -2.50. The third-order valence-electron chi connectivity index (χ3n) is 3.80. The highest BCUT2D eigenvalue weighted by atomic mass is 35.5. The van der Waals surface area contributed by atoms with Gasteiger partial charge in [-0.2, -0.15) is 23.3 Å². The van der Waals surface area contributed by atoms with Crippen LogP contribution in [0.25, 0.3) is 5.82 Å². The molecule has 0 saturated heterocycles. The fourth-order valence-electron chi connectivity index (χ4n) is 2.47. The van der Waals surface area contributed by atoms with Crippen molar-refractivity contribution in [3.63, 3.8) is 0 Å². The van der Waals surface area contributed by atoms with Gasteiger partial charge in [0.25, 0.3) is 5.91 Å². The van der Waals surface area contributed by atoms with Gasteiger partial charge in [-0.05, 0) is 37.3 Å². The van der Waals surface area contributed by atoms with Crippen molar-refractivity contribution in [2.24, 2.45) is 0 Å². The predicted octanol–water partition coefficient (Wildman–Crippen LogP) is 2.46. The van der Waals surface area contributed by atoms with Crippen molar-refractivity contribution in [1.29, 1.82) is 0 Å². The lowest BCUT2D eigenvalue weighted by Gasteiger charge is -2.15. The van der Waals surface area contributed by atoms with E-state index in [1.807, 2.05) is 0 Å². The van der Waals surface area contributed by atoms with E-state index in [0.717, 1.165) is 12.5 Å². The molecule has 1 N–H and O–H groups in total. The third-order valence-corrected chi connectivity index (χ3v) is 5.11. The highest BCUT2D eigenvalue weighted by Crippen LogP contribution is 2.20. The van der Waals surface area contributed by atoms with Gasteiger partial charge < -0.3 is 5.32 Å². The maximum atomic E-state index is 13.1. The molecule has 3 rings (SSSR count). The van der Waals surface area contributed by atoms with E-state index in [2.05, 4.69) is 20.4 Å². The summed E-state index contributed by atoms with van der Waals surface area (Å²) in [6.07, 6.45) is 3.36. The largest absolute Gasteiger partial charge is 0.342 e. The predicted molar refractivity (Wildman–Crippen MR) is 110 cm³/mol. The van der Waals surface area contributed by atoms with Crippen LogP contribution in [0, 0.1) is 5.82 Å². The van der Waals surface area contributed by atoms with Crippen LogP contribution in [0.15, 0.2) is 47.8 Å². The number of carbonyl (C=O) groups is 1. The maximum absolute atomic E-state index is 13.1. The Morgan fingerprint density at radius 2 is 1.97 bits per heavy atom. The molecule has 1 aromatic carbocycles. The van der Waals surface area contributed by atoms with Gasteiger partial charge in [-0.1, -0.05) is 11.6 Å².